The predicted molar refractivity (Wildman–Crippen MR) is 82.5 cm³/mol. The molecule has 90 valence electrons. The lowest BCUT2D eigenvalue weighted by Gasteiger charge is -2.14. The fourth-order valence-electron chi connectivity index (χ4n) is 1.29. The van der Waals surface area contributed by atoms with Gasteiger partial charge >= 0.3 is 0 Å². The molecule has 0 amide bonds. The van der Waals surface area contributed by atoms with Crippen molar-refractivity contribution in [2.45, 2.75) is 36.3 Å². The summed E-state index contributed by atoms with van der Waals surface area (Å²) in [6.07, 6.45) is 2.12. The van der Waals surface area contributed by atoms with Crippen molar-refractivity contribution in [3.05, 3.63) is 29.8 Å². The van der Waals surface area contributed by atoms with Gasteiger partial charge in [-0.05, 0) is 35.7 Å². The Hall–Kier alpha value is 0.137. The van der Waals surface area contributed by atoms with Gasteiger partial charge in [0.25, 0.3) is 0 Å². The van der Waals surface area contributed by atoms with Crippen LogP contribution in [0.25, 0.3) is 0 Å². The smallest absolute Gasteiger partial charge is 0.0450 e. The Morgan fingerprint density at radius 2 is 1.69 bits per heavy atom. The van der Waals surface area contributed by atoms with Gasteiger partial charge in [-0.25, -0.2) is 0 Å². The second-order valence-corrected chi connectivity index (χ2v) is 12.8. The minimum absolute atomic E-state index is 0.834. The fourth-order valence-corrected chi connectivity index (χ4v) is 5.30. The van der Waals surface area contributed by atoms with E-state index in [1.807, 2.05) is 11.8 Å². The van der Waals surface area contributed by atoms with Crippen molar-refractivity contribution in [1.29, 1.82) is 0 Å². The van der Waals surface area contributed by atoms with Gasteiger partial charge in [-0.2, -0.15) is 11.8 Å². The molecule has 1 rings (SSSR count). The molecular weight excluding hydrogens is 248 g/mol. The van der Waals surface area contributed by atoms with Gasteiger partial charge in [0.2, 0.25) is 0 Å². The van der Waals surface area contributed by atoms with Crippen molar-refractivity contribution in [2.24, 2.45) is 0 Å². The zero-order chi connectivity index (χ0) is 12.0. The maximum absolute atomic E-state index is 2.45. The largest absolute Gasteiger partial charge is 0.158 e. The van der Waals surface area contributed by atoms with Crippen LogP contribution in [0.4, 0.5) is 0 Å². The number of benzene rings is 1. The first-order valence-corrected chi connectivity index (χ1v) is 11.8. The standard InChI is InChI=1S/C13H22S2Si/c1-14-13-7-5-12(6-8-13)11-15-9-10-16(2,3)4/h5-8H,9-11H2,1-4H3. The van der Waals surface area contributed by atoms with E-state index in [4.69, 9.17) is 0 Å². The van der Waals surface area contributed by atoms with Gasteiger partial charge in [0.15, 0.2) is 0 Å². The molecule has 0 radical (unpaired) electrons. The molecular formula is C13H22S2Si. The van der Waals surface area contributed by atoms with Crippen LogP contribution in [-0.4, -0.2) is 20.1 Å². The molecule has 0 aliphatic heterocycles. The first-order valence-electron chi connectivity index (χ1n) is 5.72. The molecule has 0 saturated heterocycles. The Balaban J connectivity index is 2.27. The van der Waals surface area contributed by atoms with E-state index < -0.39 is 8.07 Å². The number of thioether (sulfide) groups is 2. The summed E-state index contributed by atoms with van der Waals surface area (Å²) in [5.74, 6) is 2.49. The number of hydrogen-bond acceptors (Lipinski definition) is 2. The predicted octanol–water partition coefficient (Wildman–Crippen LogP) is 4.98. The third kappa shape index (κ3) is 6.02. The molecule has 0 bridgehead atoms. The minimum atomic E-state index is -0.834. The highest BCUT2D eigenvalue weighted by Crippen LogP contribution is 2.20. The van der Waals surface area contributed by atoms with E-state index in [2.05, 4.69) is 61.9 Å². The second kappa shape index (κ2) is 6.77. The quantitative estimate of drug-likeness (QED) is 0.406. The van der Waals surface area contributed by atoms with Crippen molar-refractivity contribution in [3.63, 3.8) is 0 Å². The van der Waals surface area contributed by atoms with Crippen LogP contribution >= 0.6 is 23.5 Å². The van der Waals surface area contributed by atoms with Crippen LogP contribution in [0, 0.1) is 0 Å². The van der Waals surface area contributed by atoms with Crippen LogP contribution in [0.3, 0.4) is 0 Å². The monoisotopic (exact) mass is 270 g/mol. The molecule has 0 aliphatic rings. The molecule has 0 unspecified atom stereocenters. The Labute approximate surface area is 110 Å². The Morgan fingerprint density at radius 3 is 2.19 bits per heavy atom. The molecule has 0 aromatic heterocycles. The molecule has 1 aromatic carbocycles. The van der Waals surface area contributed by atoms with Gasteiger partial charge in [0.05, 0.1) is 0 Å². The van der Waals surface area contributed by atoms with E-state index in [0.717, 1.165) is 0 Å². The molecule has 1 aromatic rings. The molecule has 0 fully saturated rings. The molecule has 0 heterocycles. The van der Waals surface area contributed by atoms with Gasteiger partial charge < -0.3 is 0 Å². The Morgan fingerprint density at radius 1 is 1.06 bits per heavy atom. The molecule has 3 heteroatoms. The lowest BCUT2D eigenvalue weighted by atomic mass is 10.2. The van der Waals surface area contributed by atoms with E-state index in [1.165, 1.54) is 28.0 Å². The zero-order valence-electron chi connectivity index (χ0n) is 10.7. The summed E-state index contributed by atoms with van der Waals surface area (Å²) >= 11 is 3.88. The van der Waals surface area contributed by atoms with Gasteiger partial charge in [-0.1, -0.05) is 31.8 Å². The lowest BCUT2D eigenvalue weighted by Crippen LogP contribution is -2.19. The highest BCUT2D eigenvalue weighted by atomic mass is 32.2. The van der Waals surface area contributed by atoms with E-state index in [0.29, 0.717) is 0 Å². The SMILES string of the molecule is CSc1ccc(CSCC[Si](C)(C)C)cc1. The second-order valence-electron chi connectivity index (χ2n) is 5.21. The Kier molecular flexibility index (Phi) is 6.01. The third-order valence-corrected chi connectivity index (χ3v) is 6.31. The number of rotatable bonds is 6. The molecule has 0 spiro atoms. The summed E-state index contributed by atoms with van der Waals surface area (Å²) in [6, 6.07) is 10.4. The van der Waals surface area contributed by atoms with Gasteiger partial charge in [-0.3, -0.25) is 0 Å². The Bertz CT molecular complexity index is 301. The first kappa shape index (κ1) is 14.2. The average molecular weight is 271 g/mol. The van der Waals surface area contributed by atoms with Crippen molar-refractivity contribution >= 4 is 31.6 Å². The lowest BCUT2D eigenvalue weighted by molar-refractivity contribution is 1.32. The summed E-state index contributed by atoms with van der Waals surface area (Å²) in [7, 11) is -0.834. The topological polar surface area (TPSA) is 0 Å². The van der Waals surface area contributed by atoms with Crippen LogP contribution < -0.4 is 0 Å². The minimum Gasteiger partial charge on any atom is -0.158 e. The molecule has 0 nitrogen and oxygen atoms in total. The van der Waals surface area contributed by atoms with Gasteiger partial charge in [-0.15, -0.1) is 11.8 Å². The van der Waals surface area contributed by atoms with Crippen molar-refractivity contribution < 1.29 is 0 Å². The molecule has 16 heavy (non-hydrogen) atoms. The highest BCUT2D eigenvalue weighted by Gasteiger charge is 2.11. The molecule has 0 atom stereocenters. The van der Waals surface area contributed by atoms with E-state index in [1.54, 1.807) is 0 Å². The zero-order valence-corrected chi connectivity index (χ0v) is 13.4. The van der Waals surface area contributed by atoms with Crippen LogP contribution in [0.1, 0.15) is 5.56 Å². The van der Waals surface area contributed by atoms with Crippen LogP contribution in [0.2, 0.25) is 25.7 Å². The normalized spacial score (nSPS) is 11.8. The highest BCUT2D eigenvalue weighted by molar-refractivity contribution is 7.98. The summed E-state index contributed by atoms with van der Waals surface area (Å²) in [4.78, 5) is 1.36. The molecule has 0 aliphatic carbocycles. The van der Waals surface area contributed by atoms with Gasteiger partial charge in [0, 0.05) is 18.7 Å². The maximum Gasteiger partial charge on any atom is 0.0450 e. The van der Waals surface area contributed by atoms with Crippen LogP contribution in [0.5, 0.6) is 0 Å². The summed E-state index contributed by atoms with van der Waals surface area (Å²) in [5, 5.41) is 0. The maximum atomic E-state index is 2.45. The van der Waals surface area contributed by atoms with E-state index in [9.17, 15) is 0 Å². The van der Waals surface area contributed by atoms with Crippen molar-refractivity contribution in [2.75, 3.05) is 12.0 Å². The number of hydrogen-bond donors (Lipinski definition) is 0. The van der Waals surface area contributed by atoms with E-state index in [-0.39, 0.29) is 0 Å². The summed E-state index contributed by atoms with van der Waals surface area (Å²) in [5.41, 5.74) is 1.46. The van der Waals surface area contributed by atoms with Crippen LogP contribution in [-0.2, 0) is 5.75 Å². The first-order chi connectivity index (χ1) is 7.51. The van der Waals surface area contributed by atoms with E-state index >= 15 is 0 Å². The average Bonchev–Trinajstić information content (AvgIpc) is 2.24. The summed E-state index contributed by atoms with van der Waals surface area (Å²) < 4.78 is 0. The molecule has 0 N–H and O–H groups in total. The summed E-state index contributed by atoms with van der Waals surface area (Å²) in [6.45, 7) is 7.34. The third-order valence-electron chi connectivity index (χ3n) is 2.42. The van der Waals surface area contributed by atoms with Crippen molar-refractivity contribution in [1.82, 2.24) is 0 Å². The molecule has 0 saturated carbocycles. The fraction of sp³-hybridized carbons (Fsp3) is 0.538. The van der Waals surface area contributed by atoms with Crippen LogP contribution in [0.15, 0.2) is 29.2 Å². The van der Waals surface area contributed by atoms with Gasteiger partial charge in [0.1, 0.15) is 0 Å². The van der Waals surface area contributed by atoms with Crippen molar-refractivity contribution in [3.8, 4) is 0 Å².